The van der Waals surface area contributed by atoms with E-state index in [1.807, 2.05) is 61.5 Å². The molecule has 0 saturated carbocycles. The predicted octanol–water partition coefficient (Wildman–Crippen LogP) is 15.7. The molecule has 0 saturated heterocycles. The molecule has 0 aliphatic rings. The third-order valence-electron chi connectivity index (χ3n) is 12.9. The molecule has 6 nitrogen and oxygen atoms in total. The van der Waals surface area contributed by atoms with Gasteiger partial charge in [0, 0.05) is 43.6 Å². The molecule has 63 heavy (non-hydrogen) atoms. The number of furan rings is 2. The molecule has 0 radical (unpaired) electrons. The summed E-state index contributed by atoms with van der Waals surface area (Å²) >= 11 is 0. The topological polar surface area (TPSA) is 64.3 Å². The molecule has 0 atom stereocenters. The standard InChI is InChI=1S/C57H32N4O2/c1-33-30-34(32-58)22-24-36(33)35-23-27-47(60-45-17-7-3-14-41(45)54-49(60)28-25-39-37-12-5-9-20-51(37)62-56(39)54)43(31-35)53-44(59-2)16-11-19-48(53)61-46-18-8-4-15-42(46)55-50(61)29-26-40-38-13-6-10-21-52(38)63-57(40)55/h3-31H,1H3. The first-order valence-corrected chi connectivity index (χ1v) is 20.9. The highest BCUT2D eigenvalue weighted by Gasteiger charge is 2.26. The van der Waals surface area contributed by atoms with Gasteiger partial charge in [-0.05, 0) is 108 Å². The first-order chi connectivity index (χ1) is 31.1. The number of aryl methyl sites for hydroxylation is 1. The van der Waals surface area contributed by atoms with Crippen LogP contribution in [0.3, 0.4) is 0 Å². The van der Waals surface area contributed by atoms with E-state index in [9.17, 15) is 5.26 Å². The van der Waals surface area contributed by atoms with Gasteiger partial charge in [-0.3, -0.25) is 0 Å². The Balaban J connectivity index is 1.17. The van der Waals surface area contributed by atoms with E-state index in [0.717, 1.165) is 127 Å². The molecule has 0 spiro atoms. The Labute approximate surface area is 360 Å². The molecular formula is C57H32N4O2. The van der Waals surface area contributed by atoms with Gasteiger partial charge in [0.15, 0.2) is 5.69 Å². The lowest BCUT2D eigenvalue weighted by Gasteiger charge is -2.21. The summed E-state index contributed by atoms with van der Waals surface area (Å²) < 4.78 is 18.0. The first-order valence-electron chi connectivity index (χ1n) is 20.9. The molecule has 0 N–H and O–H groups in total. The molecule has 6 heteroatoms. The van der Waals surface area contributed by atoms with E-state index in [1.54, 1.807) is 0 Å². The van der Waals surface area contributed by atoms with Crippen molar-refractivity contribution in [2.45, 2.75) is 6.92 Å². The van der Waals surface area contributed by atoms with Crippen molar-refractivity contribution < 1.29 is 8.83 Å². The van der Waals surface area contributed by atoms with Crippen molar-refractivity contribution >= 4 is 93.2 Å². The van der Waals surface area contributed by atoms with Crippen LogP contribution in [0.2, 0.25) is 0 Å². The lowest BCUT2D eigenvalue weighted by Crippen LogP contribution is -2.02. The lowest BCUT2D eigenvalue weighted by atomic mass is 9.92. The number of fused-ring (bicyclic) bond motifs is 14. The van der Waals surface area contributed by atoms with Gasteiger partial charge in [-0.15, -0.1) is 0 Å². The normalized spacial score (nSPS) is 11.9. The predicted molar refractivity (Wildman–Crippen MR) is 256 cm³/mol. The number of hydrogen-bond acceptors (Lipinski definition) is 3. The van der Waals surface area contributed by atoms with Crippen molar-refractivity contribution in [2.75, 3.05) is 0 Å². The Morgan fingerprint density at radius 2 is 1.06 bits per heavy atom. The Morgan fingerprint density at radius 1 is 0.492 bits per heavy atom. The average molecular weight is 805 g/mol. The fourth-order valence-corrected chi connectivity index (χ4v) is 10.2. The van der Waals surface area contributed by atoms with E-state index in [1.165, 1.54) is 0 Å². The van der Waals surface area contributed by atoms with Gasteiger partial charge in [-0.1, -0.05) is 97.1 Å². The Hall–Kier alpha value is -8.84. The maximum atomic E-state index is 9.77. The fraction of sp³-hybridized carbons (Fsp3) is 0.0175. The minimum absolute atomic E-state index is 0.527. The van der Waals surface area contributed by atoms with Gasteiger partial charge in [0.05, 0.1) is 56.7 Å². The number of hydrogen-bond donors (Lipinski definition) is 0. The molecule has 0 fully saturated rings. The SMILES string of the molecule is [C-]#[N+]c1cccc(-n2c3ccccc3c3c4oc5ccccc5c4ccc32)c1-c1cc(-c2ccc(C#N)cc2C)ccc1-n1c2ccccc2c2c3oc4ccccc4c3ccc21. The quantitative estimate of drug-likeness (QED) is 0.166. The summed E-state index contributed by atoms with van der Waals surface area (Å²) in [6.45, 7) is 10.8. The van der Waals surface area contributed by atoms with E-state index >= 15 is 0 Å². The molecule has 13 rings (SSSR count). The van der Waals surface area contributed by atoms with Gasteiger partial charge >= 0.3 is 0 Å². The van der Waals surface area contributed by atoms with E-state index in [-0.39, 0.29) is 0 Å². The molecule has 0 aliphatic carbocycles. The van der Waals surface area contributed by atoms with Crippen molar-refractivity contribution in [1.29, 1.82) is 5.26 Å². The number of aromatic nitrogens is 2. The van der Waals surface area contributed by atoms with Crippen LogP contribution < -0.4 is 0 Å². The molecule has 4 heterocycles. The largest absolute Gasteiger partial charge is 0.455 e. The molecule has 0 amide bonds. The molecule has 13 aromatic rings. The summed E-state index contributed by atoms with van der Waals surface area (Å²) in [5.74, 6) is 0. The van der Waals surface area contributed by atoms with E-state index in [2.05, 4.69) is 141 Å². The Bertz CT molecular complexity index is 4200. The summed E-state index contributed by atoms with van der Waals surface area (Å²) in [4.78, 5) is 4.27. The minimum atomic E-state index is 0.527. The van der Waals surface area contributed by atoms with Crippen molar-refractivity contribution in [2.24, 2.45) is 0 Å². The highest BCUT2D eigenvalue weighted by molar-refractivity contribution is 6.25. The number of nitriles is 1. The van der Waals surface area contributed by atoms with Crippen LogP contribution in [0, 0.1) is 24.8 Å². The molecule has 0 bridgehead atoms. The van der Waals surface area contributed by atoms with E-state index < -0.39 is 0 Å². The number of benzene rings is 9. The van der Waals surface area contributed by atoms with E-state index in [0.29, 0.717) is 11.3 Å². The molecule has 0 unspecified atom stereocenters. The lowest BCUT2D eigenvalue weighted by molar-refractivity contribution is 0.672. The number of nitrogens with zero attached hydrogens (tertiary/aromatic N) is 4. The summed E-state index contributed by atoms with van der Waals surface area (Å²) in [6, 6.07) is 62.8. The monoisotopic (exact) mass is 804 g/mol. The van der Waals surface area contributed by atoms with Crippen LogP contribution >= 0.6 is 0 Å². The fourth-order valence-electron chi connectivity index (χ4n) is 10.2. The average Bonchev–Trinajstić information content (AvgIpc) is 4.08. The minimum Gasteiger partial charge on any atom is -0.455 e. The first kappa shape index (κ1) is 35.0. The second kappa shape index (κ2) is 13.1. The molecule has 0 aliphatic heterocycles. The van der Waals surface area contributed by atoms with Gasteiger partial charge in [-0.25, -0.2) is 4.85 Å². The van der Waals surface area contributed by atoms with Crippen molar-refractivity contribution in [3.05, 3.63) is 198 Å². The maximum absolute atomic E-state index is 9.77. The van der Waals surface area contributed by atoms with Crippen LogP contribution in [-0.2, 0) is 0 Å². The zero-order chi connectivity index (χ0) is 41.9. The molecular weight excluding hydrogens is 773 g/mol. The highest BCUT2D eigenvalue weighted by atomic mass is 16.3. The van der Waals surface area contributed by atoms with Crippen molar-refractivity contribution in [3.8, 4) is 39.7 Å². The highest BCUT2D eigenvalue weighted by Crippen LogP contribution is 2.48. The van der Waals surface area contributed by atoms with Crippen LogP contribution in [0.1, 0.15) is 11.1 Å². The summed E-state index contributed by atoms with van der Waals surface area (Å²) in [5.41, 5.74) is 15.0. The summed E-state index contributed by atoms with van der Waals surface area (Å²) in [6.07, 6.45) is 0. The van der Waals surface area contributed by atoms with Crippen molar-refractivity contribution in [3.63, 3.8) is 0 Å². The smallest absolute Gasteiger partial charge is 0.197 e. The van der Waals surface area contributed by atoms with Crippen LogP contribution in [0.15, 0.2) is 185 Å². The Morgan fingerprint density at radius 3 is 1.65 bits per heavy atom. The third-order valence-corrected chi connectivity index (χ3v) is 12.9. The summed E-state index contributed by atoms with van der Waals surface area (Å²) in [5, 5.41) is 18.3. The van der Waals surface area contributed by atoms with Crippen LogP contribution in [-0.4, -0.2) is 9.13 Å². The number of rotatable bonds is 4. The zero-order valence-electron chi connectivity index (χ0n) is 33.8. The van der Waals surface area contributed by atoms with Gasteiger partial charge in [-0.2, -0.15) is 5.26 Å². The van der Waals surface area contributed by atoms with Gasteiger partial charge in [0.25, 0.3) is 0 Å². The summed E-state index contributed by atoms with van der Waals surface area (Å²) in [7, 11) is 0. The third kappa shape index (κ3) is 4.86. The van der Waals surface area contributed by atoms with Gasteiger partial charge in [0.1, 0.15) is 22.3 Å². The molecule has 292 valence electrons. The zero-order valence-corrected chi connectivity index (χ0v) is 33.8. The molecule has 9 aromatic carbocycles. The van der Waals surface area contributed by atoms with Gasteiger partial charge < -0.3 is 18.0 Å². The Kier molecular flexibility index (Phi) is 7.26. The van der Waals surface area contributed by atoms with E-state index in [4.69, 9.17) is 15.4 Å². The second-order valence-electron chi connectivity index (χ2n) is 16.2. The van der Waals surface area contributed by atoms with Gasteiger partial charge in [0.2, 0.25) is 0 Å². The number of para-hydroxylation sites is 4. The molecule has 4 aromatic heterocycles. The second-order valence-corrected chi connectivity index (χ2v) is 16.2. The maximum Gasteiger partial charge on any atom is 0.197 e. The van der Waals surface area contributed by atoms with Crippen LogP contribution in [0.4, 0.5) is 5.69 Å². The van der Waals surface area contributed by atoms with Crippen LogP contribution in [0.5, 0.6) is 0 Å². The van der Waals surface area contributed by atoms with Crippen molar-refractivity contribution in [1.82, 2.24) is 9.13 Å². The van der Waals surface area contributed by atoms with Crippen LogP contribution in [0.25, 0.3) is 126 Å².